The molecule has 0 radical (unpaired) electrons. The molecular weight excluding hydrogens is 269 g/mol. The van der Waals surface area contributed by atoms with Crippen molar-refractivity contribution in [1.82, 2.24) is 15.5 Å². The predicted molar refractivity (Wildman–Crippen MR) is 77.0 cm³/mol. The van der Waals surface area contributed by atoms with Crippen molar-refractivity contribution in [2.45, 2.75) is 33.4 Å². The monoisotopic (exact) mass is 296 g/mol. The van der Waals surface area contributed by atoms with Gasteiger partial charge in [-0.15, -0.1) is 0 Å². The van der Waals surface area contributed by atoms with E-state index in [2.05, 4.69) is 29.5 Å². The van der Waals surface area contributed by atoms with Gasteiger partial charge >= 0.3 is 6.18 Å². The van der Waals surface area contributed by atoms with E-state index < -0.39 is 12.7 Å². The second kappa shape index (κ2) is 9.85. The lowest BCUT2D eigenvalue weighted by Gasteiger charge is -2.19. The molecule has 4 nitrogen and oxygen atoms in total. The third-order valence-corrected chi connectivity index (χ3v) is 2.42. The van der Waals surface area contributed by atoms with Crippen LogP contribution in [0.25, 0.3) is 0 Å². The summed E-state index contributed by atoms with van der Waals surface area (Å²) in [6.45, 7) is 7.76. The van der Waals surface area contributed by atoms with Gasteiger partial charge in [0.25, 0.3) is 0 Å². The fourth-order valence-corrected chi connectivity index (χ4v) is 1.56. The van der Waals surface area contributed by atoms with Gasteiger partial charge < -0.3 is 10.6 Å². The standard InChI is InChI=1S/C13H27F3N4/c1-5-17-12(19-9-11(2)3)18-7-6-8-20(4)10-13(14,15)16/h11H,5-10H2,1-4H3,(H2,17,18,19). The average molecular weight is 296 g/mol. The Hall–Kier alpha value is -0.980. The lowest BCUT2D eigenvalue weighted by molar-refractivity contribution is -0.143. The average Bonchev–Trinajstić information content (AvgIpc) is 2.28. The normalized spacial score (nSPS) is 13.2. The van der Waals surface area contributed by atoms with Crippen LogP contribution in [0.3, 0.4) is 0 Å². The van der Waals surface area contributed by atoms with Crippen LogP contribution in [0.2, 0.25) is 0 Å². The first-order chi connectivity index (χ1) is 9.24. The SMILES string of the molecule is CCNC(=NCC(C)C)NCCCN(C)CC(F)(F)F. The zero-order chi connectivity index (χ0) is 15.6. The van der Waals surface area contributed by atoms with Crippen molar-refractivity contribution in [3.8, 4) is 0 Å². The fourth-order valence-electron chi connectivity index (χ4n) is 1.56. The summed E-state index contributed by atoms with van der Waals surface area (Å²) in [5.41, 5.74) is 0. The van der Waals surface area contributed by atoms with Gasteiger partial charge in [-0.1, -0.05) is 13.8 Å². The summed E-state index contributed by atoms with van der Waals surface area (Å²) in [6.07, 6.45) is -3.49. The summed E-state index contributed by atoms with van der Waals surface area (Å²) in [6, 6.07) is 0. The number of nitrogens with one attached hydrogen (secondary N) is 2. The molecule has 0 unspecified atom stereocenters. The largest absolute Gasteiger partial charge is 0.401 e. The molecule has 0 aliphatic rings. The zero-order valence-electron chi connectivity index (χ0n) is 12.8. The van der Waals surface area contributed by atoms with Crippen LogP contribution in [0.5, 0.6) is 0 Å². The van der Waals surface area contributed by atoms with Crippen molar-refractivity contribution in [1.29, 1.82) is 0 Å². The third-order valence-electron chi connectivity index (χ3n) is 2.42. The van der Waals surface area contributed by atoms with E-state index in [1.807, 2.05) is 6.92 Å². The lowest BCUT2D eigenvalue weighted by Crippen LogP contribution is -2.39. The van der Waals surface area contributed by atoms with E-state index in [0.717, 1.165) is 19.0 Å². The first kappa shape index (κ1) is 19.0. The van der Waals surface area contributed by atoms with Crippen molar-refractivity contribution >= 4 is 5.96 Å². The van der Waals surface area contributed by atoms with Gasteiger partial charge in [-0.3, -0.25) is 9.89 Å². The molecule has 0 amide bonds. The van der Waals surface area contributed by atoms with Crippen molar-refractivity contribution in [3.05, 3.63) is 0 Å². The van der Waals surface area contributed by atoms with E-state index >= 15 is 0 Å². The molecule has 0 spiro atoms. The van der Waals surface area contributed by atoms with Crippen LogP contribution in [0.15, 0.2) is 4.99 Å². The predicted octanol–water partition coefficient (Wildman–Crippen LogP) is 2.08. The first-order valence-corrected chi connectivity index (χ1v) is 7.02. The summed E-state index contributed by atoms with van der Waals surface area (Å²) in [5, 5.41) is 6.23. The molecule has 0 aromatic rings. The smallest absolute Gasteiger partial charge is 0.357 e. The Morgan fingerprint density at radius 3 is 2.40 bits per heavy atom. The minimum absolute atomic E-state index is 0.399. The van der Waals surface area contributed by atoms with Crippen LogP contribution >= 0.6 is 0 Å². The number of hydrogen-bond donors (Lipinski definition) is 2. The van der Waals surface area contributed by atoms with Gasteiger partial charge in [0.2, 0.25) is 0 Å². The summed E-state index contributed by atoms with van der Waals surface area (Å²) < 4.78 is 36.4. The fraction of sp³-hybridized carbons (Fsp3) is 0.923. The summed E-state index contributed by atoms with van der Waals surface area (Å²) in [4.78, 5) is 5.67. The van der Waals surface area contributed by atoms with Crippen LogP contribution in [-0.2, 0) is 0 Å². The topological polar surface area (TPSA) is 39.7 Å². The number of alkyl halides is 3. The molecule has 0 heterocycles. The van der Waals surface area contributed by atoms with Crippen LogP contribution in [-0.4, -0.2) is 56.8 Å². The maximum absolute atomic E-state index is 12.1. The van der Waals surface area contributed by atoms with Gasteiger partial charge in [0.1, 0.15) is 0 Å². The molecule has 0 saturated heterocycles. The summed E-state index contributed by atoms with van der Waals surface area (Å²) in [7, 11) is 1.48. The molecule has 0 saturated carbocycles. The van der Waals surface area contributed by atoms with E-state index in [-0.39, 0.29) is 0 Å². The third kappa shape index (κ3) is 12.1. The van der Waals surface area contributed by atoms with Gasteiger partial charge in [0, 0.05) is 19.6 Å². The highest BCUT2D eigenvalue weighted by atomic mass is 19.4. The van der Waals surface area contributed by atoms with Crippen molar-refractivity contribution in [2.24, 2.45) is 10.9 Å². The second-order valence-electron chi connectivity index (χ2n) is 5.25. The molecular formula is C13H27F3N4. The van der Waals surface area contributed by atoms with Gasteiger partial charge in [-0.2, -0.15) is 13.2 Å². The Kier molecular flexibility index (Phi) is 9.37. The van der Waals surface area contributed by atoms with Gasteiger partial charge in [0.05, 0.1) is 6.54 Å². The van der Waals surface area contributed by atoms with E-state index in [0.29, 0.717) is 25.4 Å². The molecule has 0 rings (SSSR count). The van der Waals surface area contributed by atoms with Gasteiger partial charge in [-0.25, -0.2) is 0 Å². The Morgan fingerprint density at radius 1 is 1.25 bits per heavy atom. The molecule has 120 valence electrons. The molecule has 0 aliphatic carbocycles. The number of aliphatic imine (C=N–C) groups is 1. The van der Waals surface area contributed by atoms with Crippen molar-refractivity contribution < 1.29 is 13.2 Å². The van der Waals surface area contributed by atoms with E-state index in [9.17, 15) is 13.2 Å². The van der Waals surface area contributed by atoms with Crippen molar-refractivity contribution in [3.63, 3.8) is 0 Å². The Labute approximate surface area is 119 Å². The van der Waals surface area contributed by atoms with E-state index in [1.165, 1.54) is 11.9 Å². The van der Waals surface area contributed by atoms with Crippen LogP contribution in [0, 0.1) is 5.92 Å². The number of nitrogens with zero attached hydrogens (tertiary/aromatic N) is 2. The maximum Gasteiger partial charge on any atom is 0.401 e. The number of guanidine groups is 1. The lowest BCUT2D eigenvalue weighted by atomic mass is 10.2. The molecule has 0 aliphatic heterocycles. The number of hydrogen-bond acceptors (Lipinski definition) is 2. The molecule has 0 fully saturated rings. The van der Waals surface area contributed by atoms with Crippen molar-refractivity contribution in [2.75, 3.05) is 39.8 Å². The van der Waals surface area contributed by atoms with Crippen LogP contribution in [0.4, 0.5) is 13.2 Å². The highest BCUT2D eigenvalue weighted by Crippen LogP contribution is 2.15. The highest BCUT2D eigenvalue weighted by molar-refractivity contribution is 5.79. The number of halogens is 3. The highest BCUT2D eigenvalue weighted by Gasteiger charge is 2.28. The summed E-state index contributed by atoms with van der Waals surface area (Å²) >= 11 is 0. The minimum Gasteiger partial charge on any atom is -0.357 e. The first-order valence-electron chi connectivity index (χ1n) is 7.02. The maximum atomic E-state index is 12.1. The zero-order valence-corrected chi connectivity index (χ0v) is 12.8. The quantitative estimate of drug-likeness (QED) is 0.409. The molecule has 0 aromatic heterocycles. The number of rotatable bonds is 8. The Balaban J connectivity index is 3.91. The summed E-state index contributed by atoms with van der Waals surface area (Å²) in [5.74, 6) is 1.20. The molecule has 0 aromatic carbocycles. The Bertz CT molecular complexity index is 277. The molecule has 20 heavy (non-hydrogen) atoms. The molecule has 0 bridgehead atoms. The Morgan fingerprint density at radius 2 is 1.90 bits per heavy atom. The van der Waals surface area contributed by atoms with E-state index in [1.54, 1.807) is 0 Å². The van der Waals surface area contributed by atoms with Crippen LogP contribution < -0.4 is 10.6 Å². The molecule has 0 atom stereocenters. The minimum atomic E-state index is -4.13. The molecule has 7 heteroatoms. The van der Waals surface area contributed by atoms with Crippen LogP contribution in [0.1, 0.15) is 27.2 Å². The van der Waals surface area contributed by atoms with E-state index in [4.69, 9.17) is 0 Å². The van der Waals surface area contributed by atoms with Gasteiger partial charge in [0.15, 0.2) is 5.96 Å². The second-order valence-corrected chi connectivity index (χ2v) is 5.25. The molecule has 2 N–H and O–H groups in total. The van der Waals surface area contributed by atoms with Gasteiger partial charge in [-0.05, 0) is 32.9 Å².